The number of rotatable bonds is 4. The number of aromatic nitrogens is 1. The number of hydrogen-bond acceptors (Lipinski definition) is 6. The van der Waals surface area contributed by atoms with Crippen molar-refractivity contribution in [3.8, 4) is 11.5 Å². The quantitative estimate of drug-likeness (QED) is 0.838. The maximum absolute atomic E-state index is 12.5. The van der Waals surface area contributed by atoms with Crippen molar-refractivity contribution >= 4 is 23.0 Å². The number of nitrogens with one attached hydrogen (secondary N) is 1. The minimum absolute atomic E-state index is 0.0336. The zero-order valence-corrected chi connectivity index (χ0v) is 15.2. The van der Waals surface area contributed by atoms with Crippen LogP contribution in [0.1, 0.15) is 31.1 Å². The first-order valence-electron chi connectivity index (χ1n) is 8.32. The number of ether oxygens (including phenoxy) is 3. The fourth-order valence-corrected chi connectivity index (χ4v) is 2.71. The summed E-state index contributed by atoms with van der Waals surface area (Å²) in [6.07, 6.45) is 0.676. The molecule has 0 unspecified atom stereocenters. The number of alkyl carbamates (subject to hydrolysis) is 1. The van der Waals surface area contributed by atoms with E-state index in [1.165, 1.54) is 12.3 Å². The summed E-state index contributed by atoms with van der Waals surface area (Å²) in [5.41, 5.74) is -1.10. The van der Waals surface area contributed by atoms with Gasteiger partial charge in [0.15, 0.2) is 11.5 Å². The Hall–Kier alpha value is -3.23. The van der Waals surface area contributed by atoms with Gasteiger partial charge in [0.2, 0.25) is 12.2 Å². The molecule has 0 saturated carbocycles. The molecule has 2 heterocycles. The van der Waals surface area contributed by atoms with E-state index < -0.39 is 23.1 Å². The third-order valence-electron chi connectivity index (χ3n) is 3.83. The molecule has 9 heteroatoms. The standard InChI is InChI=1S/C18H20N2O7/c1-18(2,3)27-17(24)19-4-5-20-8-11(16(22)23)15(21)10-6-13-14(7-12(10)20)26-9-25-13/h6-8H,4-5,9H2,1-3H3,(H,19,24)(H,22,23). The summed E-state index contributed by atoms with van der Waals surface area (Å²) < 4.78 is 17.4. The molecule has 0 spiro atoms. The molecular formula is C18H20N2O7. The molecule has 9 nitrogen and oxygen atoms in total. The Bertz CT molecular complexity index is 972. The Morgan fingerprint density at radius 2 is 1.93 bits per heavy atom. The van der Waals surface area contributed by atoms with Gasteiger partial charge < -0.3 is 29.2 Å². The first-order chi connectivity index (χ1) is 12.7. The first kappa shape index (κ1) is 18.6. The van der Waals surface area contributed by atoms with Crippen molar-refractivity contribution in [2.24, 2.45) is 0 Å². The summed E-state index contributed by atoms with van der Waals surface area (Å²) >= 11 is 0. The molecule has 1 aliphatic heterocycles. The van der Waals surface area contributed by atoms with E-state index in [0.29, 0.717) is 17.0 Å². The maximum atomic E-state index is 12.5. The Balaban J connectivity index is 1.92. The molecule has 144 valence electrons. The summed E-state index contributed by atoms with van der Waals surface area (Å²) in [6, 6.07) is 3.10. The molecule has 2 N–H and O–H groups in total. The van der Waals surface area contributed by atoms with Crippen LogP contribution in [-0.4, -0.2) is 40.7 Å². The fraction of sp³-hybridized carbons (Fsp3) is 0.389. The lowest BCUT2D eigenvalue weighted by molar-refractivity contribution is 0.0525. The van der Waals surface area contributed by atoms with E-state index >= 15 is 0 Å². The number of hydrogen-bond donors (Lipinski definition) is 2. The van der Waals surface area contributed by atoms with Crippen molar-refractivity contribution in [3.63, 3.8) is 0 Å². The topological polar surface area (TPSA) is 116 Å². The molecule has 0 bridgehead atoms. The van der Waals surface area contributed by atoms with E-state index in [0.717, 1.165) is 0 Å². The predicted molar refractivity (Wildman–Crippen MR) is 95.5 cm³/mol. The van der Waals surface area contributed by atoms with Gasteiger partial charge in [-0.05, 0) is 26.8 Å². The first-order valence-corrected chi connectivity index (χ1v) is 8.32. The summed E-state index contributed by atoms with van der Waals surface area (Å²) in [7, 11) is 0. The van der Waals surface area contributed by atoms with Gasteiger partial charge in [0.05, 0.1) is 10.9 Å². The number of carbonyl (C=O) groups is 2. The van der Waals surface area contributed by atoms with Crippen LogP contribution in [0.2, 0.25) is 0 Å². The molecular weight excluding hydrogens is 356 g/mol. The highest BCUT2D eigenvalue weighted by atomic mass is 16.7. The number of amides is 1. The smallest absolute Gasteiger partial charge is 0.407 e. The molecule has 27 heavy (non-hydrogen) atoms. The van der Waals surface area contributed by atoms with E-state index in [9.17, 15) is 19.5 Å². The van der Waals surface area contributed by atoms with Gasteiger partial charge in [0.25, 0.3) is 0 Å². The molecule has 1 amide bonds. The van der Waals surface area contributed by atoms with Gasteiger partial charge in [-0.3, -0.25) is 4.79 Å². The third-order valence-corrected chi connectivity index (χ3v) is 3.83. The highest BCUT2D eigenvalue weighted by Crippen LogP contribution is 2.35. The van der Waals surface area contributed by atoms with Gasteiger partial charge in [0, 0.05) is 25.4 Å². The number of carboxylic acid groups (broad SMARTS) is 1. The highest BCUT2D eigenvalue weighted by Gasteiger charge is 2.21. The lowest BCUT2D eigenvalue weighted by Gasteiger charge is -2.20. The van der Waals surface area contributed by atoms with E-state index in [-0.39, 0.29) is 30.8 Å². The average Bonchev–Trinajstić information content (AvgIpc) is 3.01. The Labute approximate surface area is 154 Å². The molecule has 0 atom stereocenters. The molecule has 0 aliphatic carbocycles. The second-order valence-electron chi connectivity index (χ2n) is 7.02. The number of aromatic carboxylic acids is 1. The van der Waals surface area contributed by atoms with Gasteiger partial charge >= 0.3 is 12.1 Å². The number of nitrogens with zero attached hydrogens (tertiary/aromatic N) is 1. The predicted octanol–water partition coefficient (Wildman–Crippen LogP) is 1.95. The summed E-state index contributed by atoms with van der Waals surface area (Å²) in [5.74, 6) is -0.465. The molecule has 1 aromatic heterocycles. The number of carboxylic acids is 1. The number of carbonyl (C=O) groups excluding carboxylic acids is 1. The molecule has 0 fully saturated rings. The minimum Gasteiger partial charge on any atom is -0.477 e. The Morgan fingerprint density at radius 1 is 1.26 bits per heavy atom. The van der Waals surface area contributed by atoms with Crippen molar-refractivity contribution in [2.45, 2.75) is 32.9 Å². The third kappa shape index (κ3) is 3.97. The lowest BCUT2D eigenvalue weighted by atomic mass is 10.1. The van der Waals surface area contributed by atoms with Crippen LogP contribution in [0.3, 0.4) is 0 Å². The lowest BCUT2D eigenvalue weighted by Crippen LogP contribution is -2.34. The number of pyridine rings is 1. The van der Waals surface area contributed by atoms with Crippen LogP contribution >= 0.6 is 0 Å². The second-order valence-corrected chi connectivity index (χ2v) is 7.02. The van der Waals surface area contributed by atoms with Crippen molar-refractivity contribution < 1.29 is 28.9 Å². The SMILES string of the molecule is CC(C)(C)OC(=O)NCCn1cc(C(=O)O)c(=O)c2cc3c(cc21)OCO3. The van der Waals surface area contributed by atoms with Gasteiger partial charge in [-0.2, -0.15) is 0 Å². The van der Waals surface area contributed by atoms with Gasteiger partial charge in [-0.15, -0.1) is 0 Å². The van der Waals surface area contributed by atoms with E-state index in [1.807, 2.05) is 0 Å². The normalized spacial score (nSPS) is 12.9. The van der Waals surface area contributed by atoms with Crippen molar-refractivity contribution in [1.29, 1.82) is 0 Å². The van der Waals surface area contributed by atoms with Crippen molar-refractivity contribution in [3.05, 3.63) is 34.1 Å². The maximum Gasteiger partial charge on any atom is 0.407 e. The average molecular weight is 376 g/mol. The second kappa shape index (κ2) is 6.82. The van der Waals surface area contributed by atoms with Crippen LogP contribution in [0.25, 0.3) is 10.9 Å². The molecule has 0 radical (unpaired) electrons. The zero-order valence-electron chi connectivity index (χ0n) is 15.2. The largest absolute Gasteiger partial charge is 0.477 e. The van der Waals surface area contributed by atoms with Gasteiger partial charge in [-0.25, -0.2) is 9.59 Å². The van der Waals surface area contributed by atoms with Crippen LogP contribution in [0.15, 0.2) is 23.1 Å². The van der Waals surface area contributed by atoms with E-state index in [4.69, 9.17) is 14.2 Å². The van der Waals surface area contributed by atoms with Crippen LogP contribution in [0, 0.1) is 0 Å². The number of benzene rings is 1. The summed E-state index contributed by atoms with van der Waals surface area (Å²) in [4.78, 5) is 35.7. The van der Waals surface area contributed by atoms with Gasteiger partial charge in [-0.1, -0.05) is 0 Å². The van der Waals surface area contributed by atoms with Crippen LogP contribution in [0.5, 0.6) is 11.5 Å². The Kier molecular flexibility index (Phi) is 4.69. The summed E-state index contributed by atoms with van der Waals surface area (Å²) in [6.45, 7) is 5.71. The minimum atomic E-state index is -1.33. The van der Waals surface area contributed by atoms with Crippen molar-refractivity contribution in [2.75, 3.05) is 13.3 Å². The molecule has 1 aliphatic rings. The monoisotopic (exact) mass is 376 g/mol. The molecule has 2 aromatic rings. The number of fused-ring (bicyclic) bond motifs is 2. The van der Waals surface area contributed by atoms with Crippen LogP contribution in [0.4, 0.5) is 4.79 Å². The van der Waals surface area contributed by atoms with Crippen molar-refractivity contribution in [1.82, 2.24) is 9.88 Å². The van der Waals surface area contributed by atoms with Crippen LogP contribution < -0.4 is 20.2 Å². The fourth-order valence-electron chi connectivity index (χ4n) is 2.71. The van der Waals surface area contributed by atoms with E-state index in [1.54, 1.807) is 31.4 Å². The van der Waals surface area contributed by atoms with Crippen LogP contribution in [-0.2, 0) is 11.3 Å². The van der Waals surface area contributed by atoms with E-state index in [2.05, 4.69) is 5.32 Å². The highest BCUT2D eigenvalue weighted by molar-refractivity contribution is 5.93. The summed E-state index contributed by atoms with van der Waals surface area (Å²) in [5, 5.41) is 12.1. The van der Waals surface area contributed by atoms with Gasteiger partial charge in [0.1, 0.15) is 11.2 Å². The zero-order chi connectivity index (χ0) is 19.8. The molecule has 0 saturated heterocycles. The molecule has 1 aromatic carbocycles. The Morgan fingerprint density at radius 3 is 2.56 bits per heavy atom. The molecule has 3 rings (SSSR count).